The molecule has 3 atom stereocenters. The quantitative estimate of drug-likeness (QED) is 0.559. The van der Waals surface area contributed by atoms with Crippen molar-refractivity contribution in [2.75, 3.05) is 7.11 Å². The van der Waals surface area contributed by atoms with E-state index in [4.69, 9.17) is 44.3 Å². The molecule has 4 nitrogen and oxygen atoms in total. The summed E-state index contributed by atoms with van der Waals surface area (Å²) in [5, 5.41) is 0. The van der Waals surface area contributed by atoms with Gasteiger partial charge in [0.15, 0.2) is 0 Å². The summed E-state index contributed by atoms with van der Waals surface area (Å²) in [5.41, 5.74) is -1.38. The van der Waals surface area contributed by atoms with Gasteiger partial charge in [0.25, 0.3) is 3.79 Å². The standard InChI is InChI=1S/C14H19Cl3O4/c1-11(2)12(3)5-6-13(11,9(18)20-4)7-8(12)21-10(19)14(15,16)17/h8H,5-7H2,1-4H3/t8-,12-,13-/m0/s1. The number of rotatable bonds is 2. The maximum absolute atomic E-state index is 12.3. The summed E-state index contributed by atoms with van der Waals surface area (Å²) in [4.78, 5) is 24.2. The molecule has 2 fully saturated rings. The van der Waals surface area contributed by atoms with Crippen molar-refractivity contribution in [3.8, 4) is 0 Å². The number of halogens is 3. The Kier molecular flexibility index (Phi) is 4.01. The monoisotopic (exact) mass is 356 g/mol. The minimum Gasteiger partial charge on any atom is -0.469 e. The Morgan fingerprint density at radius 2 is 1.71 bits per heavy atom. The third-order valence-electron chi connectivity index (χ3n) is 6.00. The molecular formula is C14H19Cl3O4. The first-order chi connectivity index (χ1) is 9.42. The average Bonchev–Trinajstić information content (AvgIpc) is 2.67. The van der Waals surface area contributed by atoms with Crippen molar-refractivity contribution >= 4 is 46.7 Å². The summed E-state index contributed by atoms with van der Waals surface area (Å²) >= 11 is 16.7. The normalized spacial score (nSPS) is 37.4. The van der Waals surface area contributed by atoms with Crippen molar-refractivity contribution in [2.24, 2.45) is 16.2 Å². The van der Waals surface area contributed by atoms with Gasteiger partial charge in [0.05, 0.1) is 12.5 Å². The molecule has 2 saturated carbocycles. The van der Waals surface area contributed by atoms with E-state index in [1.807, 2.05) is 20.8 Å². The van der Waals surface area contributed by atoms with E-state index in [-0.39, 0.29) is 16.8 Å². The Bertz CT molecular complexity index is 485. The van der Waals surface area contributed by atoms with Crippen LogP contribution in [0.1, 0.15) is 40.0 Å². The van der Waals surface area contributed by atoms with Crippen molar-refractivity contribution in [3.63, 3.8) is 0 Å². The van der Waals surface area contributed by atoms with Crippen molar-refractivity contribution in [3.05, 3.63) is 0 Å². The van der Waals surface area contributed by atoms with Crippen molar-refractivity contribution in [2.45, 2.75) is 49.9 Å². The fourth-order valence-electron chi connectivity index (χ4n) is 4.11. The molecule has 0 heterocycles. The fourth-order valence-corrected chi connectivity index (χ4v) is 4.24. The van der Waals surface area contributed by atoms with E-state index < -0.39 is 21.3 Å². The zero-order valence-electron chi connectivity index (χ0n) is 12.5. The highest BCUT2D eigenvalue weighted by Gasteiger charge is 2.74. The van der Waals surface area contributed by atoms with Crippen molar-refractivity contribution in [1.29, 1.82) is 0 Å². The van der Waals surface area contributed by atoms with Crippen LogP contribution in [0.15, 0.2) is 0 Å². The van der Waals surface area contributed by atoms with Crippen molar-refractivity contribution in [1.82, 2.24) is 0 Å². The van der Waals surface area contributed by atoms with E-state index in [0.29, 0.717) is 12.8 Å². The Balaban J connectivity index is 2.34. The number of ether oxygens (including phenoxy) is 2. The molecule has 21 heavy (non-hydrogen) atoms. The SMILES string of the molecule is COC(=O)[C@]12CC[C@@](C)([C@@H](OC(=O)C(Cl)(Cl)Cl)C1)C2(C)C. The molecule has 0 aromatic heterocycles. The molecule has 0 radical (unpaired) electrons. The Labute approximate surface area is 139 Å². The lowest BCUT2D eigenvalue weighted by molar-refractivity contribution is -0.160. The lowest BCUT2D eigenvalue weighted by atomic mass is 9.65. The number of carbonyl (C=O) groups is 2. The molecule has 2 rings (SSSR count). The van der Waals surface area contributed by atoms with E-state index in [1.165, 1.54) is 7.11 Å². The van der Waals surface area contributed by atoms with Gasteiger partial charge in [-0.2, -0.15) is 0 Å². The lowest BCUT2D eigenvalue weighted by Gasteiger charge is -2.40. The number of hydrogen-bond acceptors (Lipinski definition) is 4. The summed E-state index contributed by atoms with van der Waals surface area (Å²) in [6.07, 6.45) is 1.40. The van der Waals surface area contributed by atoms with E-state index in [0.717, 1.165) is 6.42 Å². The molecule has 0 N–H and O–H groups in total. The first kappa shape index (κ1) is 17.2. The summed E-state index contributed by atoms with van der Waals surface area (Å²) in [7, 11) is 1.38. The molecule has 0 amide bonds. The Hall–Kier alpha value is -0.190. The first-order valence-electron chi connectivity index (χ1n) is 6.78. The van der Waals surface area contributed by atoms with Crippen LogP contribution in [0.2, 0.25) is 0 Å². The van der Waals surface area contributed by atoms with Gasteiger partial charge in [-0.25, -0.2) is 4.79 Å². The molecule has 0 aliphatic heterocycles. The predicted octanol–water partition coefficient (Wildman–Crippen LogP) is 3.66. The van der Waals surface area contributed by atoms with Crippen LogP contribution < -0.4 is 0 Å². The largest absolute Gasteiger partial charge is 0.469 e. The van der Waals surface area contributed by atoms with E-state index in [1.54, 1.807) is 0 Å². The molecule has 0 aromatic rings. The highest BCUT2D eigenvalue weighted by molar-refractivity contribution is 6.75. The Morgan fingerprint density at radius 1 is 1.14 bits per heavy atom. The maximum Gasteiger partial charge on any atom is 0.358 e. The van der Waals surface area contributed by atoms with E-state index in [9.17, 15) is 9.59 Å². The number of methoxy groups -OCH3 is 1. The molecule has 7 heteroatoms. The molecule has 2 aliphatic rings. The molecule has 0 spiro atoms. The van der Waals surface area contributed by atoms with Gasteiger partial charge in [0.1, 0.15) is 6.10 Å². The molecule has 0 saturated heterocycles. The van der Waals surface area contributed by atoms with Crippen LogP contribution in [0.5, 0.6) is 0 Å². The summed E-state index contributed by atoms with van der Waals surface area (Å²) in [6, 6.07) is 0. The van der Waals surface area contributed by atoms with E-state index in [2.05, 4.69) is 0 Å². The first-order valence-corrected chi connectivity index (χ1v) is 7.92. The zero-order chi connectivity index (χ0) is 16.3. The summed E-state index contributed by atoms with van der Waals surface area (Å²) in [6.45, 7) is 6.04. The number of alkyl halides is 3. The summed E-state index contributed by atoms with van der Waals surface area (Å²) < 4.78 is 8.31. The van der Waals surface area contributed by atoms with E-state index >= 15 is 0 Å². The molecular weight excluding hydrogens is 339 g/mol. The highest BCUT2D eigenvalue weighted by Crippen LogP contribution is 2.73. The fraction of sp³-hybridized carbons (Fsp3) is 0.857. The highest BCUT2D eigenvalue weighted by atomic mass is 35.6. The van der Waals surface area contributed by atoms with Crippen LogP contribution in [0, 0.1) is 16.2 Å². The third kappa shape index (κ3) is 2.17. The number of hydrogen-bond donors (Lipinski definition) is 0. The van der Waals surface area contributed by atoms with Gasteiger partial charge >= 0.3 is 11.9 Å². The van der Waals surface area contributed by atoms with Gasteiger partial charge in [-0.1, -0.05) is 55.6 Å². The van der Waals surface area contributed by atoms with Crippen LogP contribution in [-0.2, 0) is 19.1 Å². The molecule has 0 aromatic carbocycles. The van der Waals surface area contributed by atoms with Gasteiger partial charge in [-0.3, -0.25) is 4.79 Å². The second kappa shape index (κ2) is 4.90. The molecule has 2 aliphatic carbocycles. The third-order valence-corrected chi connectivity index (χ3v) is 6.46. The van der Waals surface area contributed by atoms with Crippen LogP contribution >= 0.6 is 34.8 Å². The Morgan fingerprint density at radius 3 is 2.19 bits per heavy atom. The van der Waals surface area contributed by atoms with Crippen molar-refractivity contribution < 1.29 is 19.1 Å². The zero-order valence-corrected chi connectivity index (χ0v) is 14.7. The lowest BCUT2D eigenvalue weighted by Crippen LogP contribution is -2.42. The van der Waals surface area contributed by atoms with Crippen LogP contribution in [0.4, 0.5) is 0 Å². The second-order valence-corrected chi connectivity index (χ2v) is 8.99. The molecule has 120 valence electrons. The van der Waals surface area contributed by atoms with Gasteiger partial charge < -0.3 is 9.47 Å². The molecule has 2 bridgehead atoms. The van der Waals surface area contributed by atoms with Gasteiger partial charge in [-0.15, -0.1) is 0 Å². The second-order valence-electron chi connectivity index (χ2n) is 6.71. The smallest absolute Gasteiger partial charge is 0.358 e. The van der Waals surface area contributed by atoms with Gasteiger partial charge in [-0.05, 0) is 18.3 Å². The maximum atomic E-state index is 12.3. The van der Waals surface area contributed by atoms with Gasteiger partial charge in [0.2, 0.25) is 0 Å². The number of esters is 2. The van der Waals surface area contributed by atoms with Gasteiger partial charge in [0, 0.05) is 11.8 Å². The predicted molar refractivity (Wildman–Crippen MR) is 80.4 cm³/mol. The minimum absolute atomic E-state index is 0.261. The van der Waals surface area contributed by atoms with Crippen LogP contribution in [0.3, 0.4) is 0 Å². The average molecular weight is 358 g/mol. The minimum atomic E-state index is -2.11. The topological polar surface area (TPSA) is 52.6 Å². The van der Waals surface area contributed by atoms with Crippen LogP contribution in [-0.4, -0.2) is 28.9 Å². The number of carbonyl (C=O) groups excluding carboxylic acids is 2. The van der Waals surface area contributed by atoms with Crippen LogP contribution in [0.25, 0.3) is 0 Å². The number of fused-ring (bicyclic) bond motifs is 2. The summed E-state index contributed by atoms with van der Waals surface area (Å²) in [5.74, 6) is -1.16. The molecule has 0 unspecified atom stereocenters.